The molecule has 0 amide bonds. The molecule has 0 aliphatic rings. The first-order valence-corrected chi connectivity index (χ1v) is 5.91. The maximum Gasteiger partial charge on any atom is 0.157 e. The van der Waals surface area contributed by atoms with Gasteiger partial charge in [-0.3, -0.25) is 0 Å². The number of nitrogens with one attached hydrogen (secondary N) is 1. The minimum Gasteiger partial charge on any atom is -0.366 e. The Labute approximate surface area is 105 Å². The van der Waals surface area contributed by atoms with Crippen molar-refractivity contribution in [2.24, 2.45) is 0 Å². The first-order valence-electron chi connectivity index (χ1n) is 5.91. The molecular weight excluding hydrogens is 224 g/mol. The third kappa shape index (κ3) is 2.05. The van der Waals surface area contributed by atoms with Crippen LogP contribution in [0.1, 0.15) is 11.1 Å². The fourth-order valence-electron chi connectivity index (χ4n) is 1.97. The van der Waals surface area contributed by atoms with E-state index < -0.39 is 0 Å². The highest BCUT2D eigenvalue weighted by Gasteiger charge is 2.03. The smallest absolute Gasteiger partial charge is 0.157 e. The van der Waals surface area contributed by atoms with Crippen molar-refractivity contribution in [1.29, 1.82) is 0 Å². The SMILES string of the molecule is Cc1cc(NCc2ccccc2)n2ncnc2c1. The molecule has 0 fully saturated rings. The van der Waals surface area contributed by atoms with Crippen LogP contribution in [0.15, 0.2) is 48.8 Å². The van der Waals surface area contributed by atoms with Gasteiger partial charge in [0.25, 0.3) is 0 Å². The predicted molar refractivity (Wildman–Crippen MR) is 71.5 cm³/mol. The molecule has 1 N–H and O–H groups in total. The number of nitrogens with zero attached hydrogens (tertiary/aromatic N) is 3. The lowest BCUT2D eigenvalue weighted by molar-refractivity contribution is 0.941. The van der Waals surface area contributed by atoms with Crippen molar-refractivity contribution in [1.82, 2.24) is 14.6 Å². The number of pyridine rings is 1. The summed E-state index contributed by atoms with van der Waals surface area (Å²) in [5.41, 5.74) is 3.28. The van der Waals surface area contributed by atoms with Crippen molar-refractivity contribution in [3.05, 3.63) is 59.9 Å². The number of hydrogen-bond acceptors (Lipinski definition) is 3. The number of aryl methyl sites for hydroxylation is 1. The van der Waals surface area contributed by atoms with E-state index in [1.54, 1.807) is 6.33 Å². The fourth-order valence-corrected chi connectivity index (χ4v) is 1.97. The highest BCUT2D eigenvalue weighted by Crippen LogP contribution is 2.14. The van der Waals surface area contributed by atoms with Gasteiger partial charge in [-0.2, -0.15) is 9.61 Å². The van der Waals surface area contributed by atoms with Crippen molar-refractivity contribution in [3.8, 4) is 0 Å². The van der Waals surface area contributed by atoms with Gasteiger partial charge >= 0.3 is 0 Å². The molecule has 2 heterocycles. The van der Waals surface area contributed by atoms with Gasteiger partial charge in [-0.05, 0) is 30.2 Å². The Bertz CT molecular complexity index is 658. The van der Waals surface area contributed by atoms with Gasteiger partial charge in [0.05, 0.1) is 0 Å². The molecule has 0 bridgehead atoms. The summed E-state index contributed by atoms with van der Waals surface area (Å²) in [6, 6.07) is 14.4. The third-order valence-electron chi connectivity index (χ3n) is 2.84. The minimum absolute atomic E-state index is 0.777. The second kappa shape index (κ2) is 4.49. The molecular formula is C14H14N4. The summed E-state index contributed by atoms with van der Waals surface area (Å²) in [5, 5.41) is 7.61. The summed E-state index contributed by atoms with van der Waals surface area (Å²) in [6.45, 7) is 2.83. The van der Waals surface area contributed by atoms with Crippen LogP contribution >= 0.6 is 0 Å². The molecule has 0 aliphatic carbocycles. The van der Waals surface area contributed by atoms with E-state index in [1.165, 1.54) is 11.1 Å². The van der Waals surface area contributed by atoms with E-state index in [9.17, 15) is 0 Å². The van der Waals surface area contributed by atoms with Gasteiger partial charge in [0, 0.05) is 6.54 Å². The van der Waals surface area contributed by atoms with Crippen LogP contribution in [0.5, 0.6) is 0 Å². The third-order valence-corrected chi connectivity index (χ3v) is 2.84. The Kier molecular flexibility index (Phi) is 2.68. The zero-order chi connectivity index (χ0) is 12.4. The lowest BCUT2D eigenvalue weighted by atomic mass is 10.2. The maximum atomic E-state index is 4.22. The molecule has 3 aromatic rings. The van der Waals surface area contributed by atoms with Gasteiger partial charge < -0.3 is 5.32 Å². The van der Waals surface area contributed by atoms with Gasteiger partial charge in [0.15, 0.2) is 5.65 Å². The van der Waals surface area contributed by atoms with Crippen LogP contribution in [0.25, 0.3) is 5.65 Å². The van der Waals surface area contributed by atoms with Crippen LogP contribution in [0.2, 0.25) is 0 Å². The number of rotatable bonds is 3. The largest absolute Gasteiger partial charge is 0.366 e. The number of aromatic nitrogens is 3. The van der Waals surface area contributed by atoms with Gasteiger partial charge in [0.2, 0.25) is 0 Å². The van der Waals surface area contributed by atoms with Crippen LogP contribution in [0.4, 0.5) is 5.82 Å². The lowest BCUT2D eigenvalue weighted by Crippen LogP contribution is -2.05. The Balaban J connectivity index is 1.88. The first-order chi connectivity index (χ1) is 8.83. The van der Waals surface area contributed by atoms with E-state index in [0.717, 1.165) is 18.0 Å². The highest BCUT2D eigenvalue weighted by atomic mass is 15.3. The minimum atomic E-state index is 0.777. The van der Waals surface area contributed by atoms with Crippen molar-refractivity contribution < 1.29 is 0 Å². The molecule has 0 radical (unpaired) electrons. The van der Waals surface area contributed by atoms with Crippen LogP contribution in [0.3, 0.4) is 0 Å². The monoisotopic (exact) mass is 238 g/mol. The van der Waals surface area contributed by atoms with Crippen molar-refractivity contribution in [2.75, 3.05) is 5.32 Å². The quantitative estimate of drug-likeness (QED) is 0.762. The molecule has 0 unspecified atom stereocenters. The van der Waals surface area contributed by atoms with Crippen LogP contribution in [0, 0.1) is 6.92 Å². The molecule has 4 nitrogen and oxygen atoms in total. The highest BCUT2D eigenvalue weighted by molar-refractivity contribution is 5.51. The Morgan fingerprint density at radius 3 is 2.83 bits per heavy atom. The van der Waals surface area contributed by atoms with E-state index in [2.05, 4.69) is 40.5 Å². The van der Waals surface area contributed by atoms with Gasteiger partial charge in [0.1, 0.15) is 12.1 Å². The van der Waals surface area contributed by atoms with Gasteiger partial charge in [-0.1, -0.05) is 30.3 Å². The normalized spacial score (nSPS) is 10.7. The summed E-state index contributed by atoms with van der Waals surface area (Å²) in [5.74, 6) is 0.964. The molecule has 0 aliphatic heterocycles. The average Bonchev–Trinajstić information content (AvgIpc) is 2.85. The summed E-state index contributed by atoms with van der Waals surface area (Å²) in [7, 11) is 0. The van der Waals surface area contributed by atoms with Gasteiger partial charge in [-0.25, -0.2) is 4.98 Å². The van der Waals surface area contributed by atoms with E-state index >= 15 is 0 Å². The second-order valence-corrected chi connectivity index (χ2v) is 4.29. The molecule has 0 spiro atoms. The predicted octanol–water partition coefficient (Wildman–Crippen LogP) is 2.65. The van der Waals surface area contributed by atoms with Crippen LogP contribution in [-0.2, 0) is 6.54 Å². The molecule has 0 saturated carbocycles. The lowest BCUT2D eigenvalue weighted by Gasteiger charge is -2.09. The molecule has 0 atom stereocenters. The Hall–Kier alpha value is -2.36. The second-order valence-electron chi connectivity index (χ2n) is 4.29. The first kappa shape index (κ1) is 10.8. The number of anilines is 1. The average molecular weight is 238 g/mol. The molecule has 90 valence electrons. The van der Waals surface area contributed by atoms with E-state index in [4.69, 9.17) is 0 Å². The van der Waals surface area contributed by atoms with Crippen LogP contribution in [-0.4, -0.2) is 14.6 Å². The number of fused-ring (bicyclic) bond motifs is 1. The Morgan fingerprint density at radius 2 is 2.00 bits per heavy atom. The molecule has 0 saturated heterocycles. The molecule has 3 rings (SSSR count). The number of benzene rings is 1. The maximum absolute atomic E-state index is 4.22. The fraction of sp³-hybridized carbons (Fsp3) is 0.143. The van der Waals surface area contributed by atoms with Crippen molar-refractivity contribution >= 4 is 11.5 Å². The van der Waals surface area contributed by atoms with Crippen LogP contribution < -0.4 is 5.32 Å². The zero-order valence-electron chi connectivity index (χ0n) is 10.2. The van der Waals surface area contributed by atoms with Gasteiger partial charge in [-0.15, -0.1) is 0 Å². The molecule has 1 aromatic carbocycles. The number of hydrogen-bond donors (Lipinski definition) is 1. The molecule has 2 aromatic heterocycles. The van der Waals surface area contributed by atoms with Crippen molar-refractivity contribution in [2.45, 2.75) is 13.5 Å². The summed E-state index contributed by atoms with van der Waals surface area (Å²) >= 11 is 0. The molecule has 4 heteroatoms. The Morgan fingerprint density at radius 1 is 1.17 bits per heavy atom. The summed E-state index contributed by atoms with van der Waals surface area (Å²) in [4.78, 5) is 4.21. The molecule has 18 heavy (non-hydrogen) atoms. The van der Waals surface area contributed by atoms with E-state index in [-0.39, 0.29) is 0 Å². The summed E-state index contributed by atoms with van der Waals surface area (Å²) in [6.07, 6.45) is 1.57. The summed E-state index contributed by atoms with van der Waals surface area (Å²) < 4.78 is 1.82. The standard InChI is InChI=1S/C14H14N4/c1-11-7-13(18-14(8-11)16-10-17-18)15-9-12-5-3-2-4-6-12/h2-8,10,15H,9H2,1H3. The van der Waals surface area contributed by atoms with E-state index in [0.29, 0.717) is 0 Å². The zero-order valence-corrected chi connectivity index (χ0v) is 10.2. The topological polar surface area (TPSA) is 42.2 Å². The van der Waals surface area contributed by atoms with Crippen molar-refractivity contribution in [3.63, 3.8) is 0 Å². The van der Waals surface area contributed by atoms with E-state index in [1.807, 2.05) is 28.8 Å².